The second-order valence-corrected chi connectivity index (χ2v) is 4.30. The maximum atomic E-state index is 12.2. The van der Waals surface area contributed by atoms with Crippen LogP contribution in [0.2, 0.25) is 0 Å². The maximum absolute atomic E-state index is 12.2. The zero-order valence-corrected chi connectivity index (χ0v) is 11.7. The summed E-state index contributed by atoms with van der Waals surface area (Å²) < 4.78 is 10.4. The second kappa shape index (κ2) is 7.63. The highest BCUT2D eigenvalue weighted by Crippen LogP contribution is 2.27. The number of ether oxygens (including phenoxy) is 2. The van der Waals surface area contributed by atoms with Crippen molar-refractivity contribution in [1.29, 1.82) is 0 Å². The minimum absolute atomic E-state index is 0.0327. The third kappa shape index (κ3) is 4.13. The molecule has 5 heteroatoms. The lowest BCUT2D eigenvalue weighted by Gasteiger charge is -2.15. The van der Waals surface area contributed by atoms with E-state index in [0.29, 0.717) is 23.6 Å². The fourth-order valence-electron chi connectivity index (χ4n) is 1.86. The van der Waals surface area contributed by atoms with Gasteiger partial charge in [-0.2, -0.15) is 0 Å². The van der Waals surface area contributed by atoms with Crippen LogP contribution in [0.5, 0.6) is 11.5 Å². The van der Waals surface area contributed by atoms with Crippen molar-refractivity contribution >= 4 is 5.91 Å². The van der Waals surface area contributed by atoms with Crippen molar-refractivity contribution in [3.63, 3.8) is 0 Å². The molecule has 1 unspecified atom stereocenters. The average molecular weight is 266 g/mol. The van der Waals surface area contributed by atoms with Crippen LogP contribution in [0.3, 0.4) is 0 Å². The molecule has 0 aliphatic heterocycles. The molecule has 106 valence electrons. The average Bonchev–Trinajstić information content (AvgIpc) is 2.44. The summed E-state index contributed by atoms with van der Waals surface area (Å²) in [6.45, 7) is 2.50. The quantitative estimate of drug-likeness (QED) is 0.785. The van der Waals surface area contributed by atoms with E-state index < -0.39 is 0 Å². The first kappa shape index (κ1) is 15.3. The number of rotatable bonds is 7. The zero-order chi connectivity index (χ0) is 14.3. The molecule has 1 amide bonds. The highest BCUT2D eigenvalue weighted by atomic mass is 16.5. The molecule has 0 heterocycles. The summed E-state index contributed by atoms with van der Waals surface area (Å²) in [7, 11) is 3.04. The molecule has 1 aromatic carbocycles. The van der Waals surface area contributed by atoms with E-state index in [1.165, 1.54) is 14.2 Å². The molecule has 0 fully saturated rings. The number of hydrogen-bond donors (Lipinski definition) is 2. The Kier molecular flexibility index (Phi) is 6.15. The first-order chi connectivity index (χ1) is 9.13. The van der Waals surface area contributed by atoms with Crippen LogP contribution in [0.15, 0.2) is 18.2 Å². The highest BCUT2D eigenvalue weighted by molar-refractivity contribution is 5.99. The Morgan fingerprint density at radius 3 is 2.37 bits per heavy atom. The smallest absolute Gasteiger partial charge is 0.258 e. The van der Waals surface area contributed by atoms with Gasteiger partial charge in [0.05, 0.1) is 14.2 Å². The van der Waals surface area contributed by atoms with Gasteiger partial charge in [0.2, 0.25) is 0 Å². The van der Waals surface area contributed by atoms with E-state index in [2.05, 4.69) is 12.2 Å². The Hall–Kier alpha value is -1.75. The van der Waals surface area contributed by atoms with Crippen molar-refractivity contribution in [3.8, 4) is 11.5 Å². The fourth-order valence-corrected chi connectivity index (χ4v) is 1.86. The Morgan fingerprint density at radius 2 is 1.89 bits per heavy atom. The molecular formula is C14H22N2O3. The van der Waals surface area contributed by atoms with Gasteiger partial charge in [-0.15, -0.1) is 0 Å². The number of nitrogens with two attached hydrogens (primary N) is 1. The van der Waals surface area contributed by atoms with Gasteiger partial charge in [0.1, 0.15) is 17.1 Å². The Bertz CT molecular complexity index is 399. The molecule has 1 aromatic rings. The molecule has 0 saturated heterocycles. The number of hydrogen-bond acceptors (Lipinski definition) is 4. The third-order valence-electron chi connectivity index (χ3n) is 2.84. The summed E-state index contributed by atoms with van der Waals surface area (Å²) in [6.07, 6.45) is 1.87. The van der Waals surface area contributed by atoms with E-state index in [1.54, 1.807) is 18.2 Å². The molecular weight excluding hydrogens is 244 g/mol. The van der Waals surface area contributed by atoms with E-state index in [1.807, 2.05) is 0 Å². The molecule has 19 heavy (non-hydrogen) atoms. The predicted octanol–water partition coefficient (Wildman–Crippen LogP) is 1.56. The van der Waals surface area contributed by atoms with Gasteiger partial charge < -0.3 is 20.5 Å². The number of amides is 1. The topological polar surface area (TPSA) is 73.6 Å². The maximum Gasteiger partial charge on any atom is 0.258 e. The minimum Gasteiger partial charge on any atom is -0.496 e. The van der Waals surface area contributed by atoms with Gasteiger partial charge in [0, 0.05) is 12.6 Å². The number of nitrogens with one attached hydrogen (secondary N) is 1. The molecule has 0 aliphatic rings. The Balaban J connectivity index is 2.81. The van der Waals surface area contributed by atoms with Gasteiger partial charge in [-0.25, -0.2) is 0 Å². The van der Waals surface area contributed by atoms with Gasteiger partial charge in [0.25, 0.3) is 5.91 Å². The van der Waals surface area contributed by atoms with Crippen LogP contribution < -0.4 is 20.5 Å². The minimum atomic E-state index is -0.235. The van der Waals surface area contributed by atoms with Crippen LogP contribution in [-0.2, 0) is 0 Å². The van der Waals surface area contributed by atoms with Gasteiger partial charge in [-0.1, -0.05) is 19.4 Å². The lowest BCUT2D eigenvalue weighted by Crippen LogP contribution is -2.37. The summed E-state index contributed by atoms with van der Waals surface area (Å²) in [5.41, 5.74) is 6.27. The van der Waals surface area contributed by atoms with Gasteiger partial charge in [-0.3, -0.25) is 4.79 Å². The first-order valence-corrected chi connectivity index (χ1v) is 6.38. The number of carbonyl (C=O) groups is 1. The normalized spacial score (nSPS) is 11.8. The van der Waals surface area contributed by atoms with Gasteiger partial charge >= 0.3 is 0 Å². The third-order valence-corrected chi connectivity index (χ3v) is 2.84. The molecule has 1 atom stereocenters. The van der Waals surface area contributed by atoms with Crippen molar-refractivity contribution in [2.24, 2.45) is 5.73 Å². The molecule has 5 nitrogen and oxygen atoms in total. The van der Waals surface area contributed by atoms with Crippen LogP contribution in [0.25, 0.3) is 0 Å². The Labute approximate surface area is 114 Å². The summed E-state index contributed by atoms with van der Waals surface area (Å²) in [6, 6.07) is 5.19. The van der Waals surface area contributed by atoms with Crippen molar-refractivity contribution in [2.45, 2.75) is 25.8 Å². The van der Waals surface area contributed by atoms with E-state index >= 15 is 0 Å². The number of carbonyl (C=O) groups excluding carboxylic acids is 1. The SMILES string of the molecule is CCCC(N)CNC(=O)c1c(OC)cccc1OC. The fraction of sp³-hybridized carbons (Fsp3) is 0.500. The van der Waals surface area contributed by atoms with E-state index in [9.17, 15) is 4.79 Å². The van der Waals surface area contributed by atoms with Crippen LogP contribution >= 0.6 is 0 Å². The Morgan fingerprint density at radius 1 is 1.32 bits per heavy atom. The zero-order valence-electron chi connectivity index (χ0n) is 11.7. The van der Waals surface area contributed by atoms with E-state index in [-0.39, 0.29) is 11.9 Å². The molecule has 1 rings (SSSR count). The number of benzene rings is 1. The first-order valence-electron chi connectivity index (χ1n) is 6.38. The van der Waals surface area contributed by atoms with Crippen molar-refractivity contribution in [1.82, 2.24) is 5.32 Å². The monoisotopic (exact) mass is 266 g/mol. The summed E-state index contributed by atoms with van der Waals surface area (Å²) >= 11 is 0. The molecule has 0 saturated carbocycles. The molecule has 0 aliphatic carbocycles. The van der Waals surface area contributed by atoms with E-state index in [0.717, 1.165) is 12.8 Å². The summed E-state index contributed by atoms with van der Waals surface area (Å²) in [4.78, 5) is 12.2. The largest absolute Gasteiger partial charge is 0.496 e. The lowest BCUT2D eigenvalue weighted by molar-refractivity contribution is 0.0944. The molecule has 0 radical (unpaired) electrons. The summed E-state index contributed by atoms with van der Waals surface area (Å²) in [5, 5.41) is 2.81. The van der Waals surface area contributed by atoms with Crippen LogP contribution in [0, 0.1) is 0 Å². The lowest BCUT2D eigenvalue weighted by atomic mass is 10.1. The van der Waals surface area contributed by atoms with Crippen LogP contribution in [-0.4, -0.2) is 32.7 Å². The van der Waals surface area contributed by atoms with Gasteiger partial charge in [-0.05, 0) is 18.6 Å². The van der Waals surface area contributed by atoms with Crippen LogP contribution in [0.4, 0.5) is 0 Å². The molecule has 0 bridgehead atoms. The van der Waals surface area contributed by atoms with E-state index in [4.69, 9.17) is 15.2 Å². The van der Waals surface area contributed by atoms with Crippen LogP contribution in [0.1, 0.15) is 30.1 Å². The number of methoxy groups -OCH3 is 2. The van der Waals surface area contributed by atoms with Crippen molar-refractivity contribution in [3.05, 3.63) is 23.8 Å². The van der Waals surface area contributed by atoms with Crippen molar-refractivity contribution < 1.29 is 14.3 Å². The van der Waals surface area contributed by atoms with Gasteiger partial charge in [0.15, 0.2) is 0 Å². The van der Waals surface area contributed by atoms with Crippen molar-refractivity contribution in [2.75, 3.05) is 20.8 Å². The second-order valence-electron chi connectivity index (χ2n) is 4.30. The highest BCUT2D eigenvalue weighted by Gasteiger charge is 2.18. The molecule has 0 aromatic heterocycles. The summed E-state index contributed by atoms with van der Waals surface area (Å²) in [5.74, 6) is 0.739. The molecule has 3 N–H and O–H groups in total. The predicted molar refractivity (Wildman–Crippen MR) is 74.8 cm³/mol. The molecule has 0 spiro atoms. The standard InChI is InChI=1S/C14H22N2O3/c1-4-6-10(15)9-16-14(17)13-11(18-2)7-5-8-12(13)19-3/h5,7-8,10H,4,6,9,15H2,1-3H3,(H,16,17).